The van der Waals surface area contributed by atoms with E-state index in [4.69, 9.17) is 10.5 Å². The van der Waals surface area contributed by atoms with E-state index >= 15 is 0 Å². The Morgan fingerprint density at radius 1 is 1.16 bits per heavy atom. The Kier molecular flexibility index (Phi) is 6.85. The van der Waals surface area contributed by atoms with Gasteiger partial charge in [0.2, 0.25) is 0 Å². The Morgan fingerprint density at radius 3 is 2.52 bits per heavy atom. The first-order valence-corrected chi connectivity index (χ1v) is 11.2. The molecule has 4 N–H and O–H groups in total. The minimum atomic E-state index is -0.253. The number of rotatable bonds is 5. The molecule has 1 saturated carbocycles. The lowest BCUT2D eigenvalue weighted by Gasteiger charge is -2.32. The molecule has 2 heterocycles. The van der Waals surface area contributed by atoms with Crippen LogP contribution < -0.4 is 11.1 Å². The minimum absolute atomic E-state index is 0.0694. The number of nitrogens with zero attached hydrogens (tertiary/aromatic N) is 2. The molecular weight excluding hydrogens is 392 g/mol. The molecule has 2 fully saturated rings. The third-order valence-corrected chi connectivity index (χ3v) is 6.51. The molecule has 0 radical (unpaired) electrons. The predicted octanol–water partition coefficient (Wildman–Crippen LogP) is 2.76. The van der Waals surface area contributed by atoms with Gasteiger partial charge in [-0.3, -0.25) is 9.69 Å². The highest BCUT2D eigenvalue weighted by molar-refractivity contribution is 5.99. The van der Waals surface area contributed by atoms with Crippen LogP contribution >= 0.6 is 0 Å². The normalized spacial score (nSPS) is 23.3. The summed E-state index contributed by atoms with van der Waals surface area (Å²) in [7, 11) is 0. The number of nitrogen functional groups attached to an aromatic ring is 1. The van der Waals surface area contributed by atoms with E-state index in [2.05, 4.69) is 46.4 Å². The van der Waals surface area contributed by atoms with Crippen LogP contribution in [0.25, 0.3) is 11.1 Å². The van der Waals surface area contributed by atoms with Gasteiger partial charge < -0.3 is 20.9 Å². The molecule has 7 nitrogen and oxygen atoms in total. The number of anilines is 1. The predicted molar refractivity (Wildman–Crippen MR) is 121 cm³/mol. The summed E-state index contributed by atoms with van der Waals surface area (Å²) >= 11 is 0. The summed E-state index contributed by atoms with van der Waals surface area (Å²) in [4.78, 5) is 19.5. The topological polar surface area (TPSA) is 101 Å². The second kappa shape index (κ2) is 9.77. The number of pyridine rings is 1. The van der Waals surface area contributed by atoms with Crippen molar-refractivity contribution in [2.45, 2.75) is 50.8 Å². The molecule has 2 aliphatic rings. The monoisotopic (exact) mass is 424 g/mol. The Labute approximate surface area is 183 Å². The molecular formula is C24H32N4O3. The van der Waals surface area contributed by atoms with Gasteiger partial charge in [-0.2, -0.15) is 0 Å². The van der Waals surface area contributed by atoms with Crippen LogP contribution in [0.1, 0.15) is 54.6 Å². The summed E-state index contributed by atoms with van der Waals surface area (Å²) in [6.07, 6.45) is 4.45. The van der Waals surface area contributed by atoms with E-state index in [1.165, 1.54) is 5.56 Å². The van der Waals surface area contributed by atoms with Gasteiger partial charge in [-0.25, -0.2) is 4.98 Å². The van der Waals surface area contributed by atoms with Gasteiger partial charge in [0, 0.05) is 36.9 Å². The molecule has 0 unspecified atom stereocenters. The number of nitrogens with two attached hydrogens (primary N) is 1. The van der Waals surface area contributed by atoms with E-state index in [9.17, 15) is 9.90 Å². The number of aliphatic hydroxyl groups is 1. The number of carbonyl (C=O) groups excluding carboxylic acids is 1. The van der Waals surface area contributed by atoms with E-state index < -0.39 is 0 Å². The first kappa shape index (κ1) is 21.7. The summed E-state index contributed by atoms with van der Waals surface area (Å²) in [6.45, 7) is 5.68. The van der Waals surface area contributed by atoms with Crippen LogP contribution in [0.5, 0.6) is 0 Å². The largest absolute Gasteiger partial charge is 0.393 e. The van der Waals surface area contributed by atoms with Crippen molar-refractivity contribution in [3.8, 4) is 11.1 Å². The highest BCUT2D eigenvalue weighted by atomic mass is 16.5. The molecule has 1 aliphatic carbocycles. The average molecular weight is 425 g/mol. The van der Waals surface area contributed by atoms with E-state index in [1.54, 1.807) is 6.20 Å². The first-order valence-electron chi connectivity index (χ1n) is 11.2. The fourth-order valence-electron chi connectivity index (χ4n) is 4.43. The zero-order chi connectivity index (χ0) is 21.8. The second-order valence-corrected chi connectivity index (χ2v) is 8.58. The van der Waals surface area contributed by atoms with Gasteiger partial charge in [0.1, 0.15) is 5.82 Å². The SMILES string of the molecule is C[C@H](c1ccc(-c2cnc(N)c(C(=O)NC3CCC(O)CC3)c2)cc1)N1CCOCC1. The zero-order valence-electron chi connectivity index (χ0n) is 18.1. The lowest BCUT2D eigenvalue weighted by atomic mass is 9.93. The van der Waals surface area contributed by atoms with Crippen molar-refractivity contribution in [1.29, 1.82) is 0 Å². The number of carbonyl (C=O) groups is 1. The highest BCUT2D eigenvalue weighted by Crippen LogP contribution is 2.27. The van der Waals surface area contributed by atoms with Crippen LogP contribution in [-0.4, -0.2) is 59.3 Å². The number of aliphatic hydroxyl groups excluding tert-OH is 1. The molecule has 7 heteroatoms. The summed E-state index contributed by atoms with van der Waals surface area (Å²) in [5.41, 5.74) is 9.53. The van der Waals surface area contributed by atoms with Crippen molar-refractivity contribution in [3.05, 3.63) is 47.7 Å². The van der Waals surface area contributed by atoms with E-state index in [1.807, 2.05) is 6.07 Å². The van der Waals surface area contributed by atoms with Crippen LogP contribution in [0, 0.1) is 0 Å². The van der Waals surface area contributed by atoms with Gasteiger partial charge in [-0.1, -0.05) is 24.3 Å². The minimum Gasteiger partial charge on any atom is -0.393 e. The molecule has 166 valence electrons. The second-order valence-electron chi connectivity index (χ2n) is 8.58. The highest BCUT2D eigenvalue weighted by Gasteiger charge is 2.23. The van der Waals surface area contributed by atoms with Gasteiger partial charge in [-0.05, 0) is 49.8 Å². The number of amides is 1. The van der Waals surface area contributed by atoms with Crippen molar-refractivity contribution >= 4 is 11.7 Å². The number of morpholine rings is 1. The summed E-state index contributed by atoms with van der Waals surface area (Å²) < 4.78 is 5.45. The number of hydrogen-bond acceptors (Lipinski definition) is 6. The van der Waals surface area contributed by atoms with Crippen LogP contribution in [0.3, 0.4) is 0 Å². The fraction of sp³-hybridized carbons (Fsp3) is 0.500. The molecule has 1 aromatic carbocycles. The maximum Gasteiger partial charge on any atom is 0.255 e. The number of ether oxygens (including phenoxy) is 1. The molecule has 0 spiro atoms. The summed E-state index contributed by atoms with van der Waals surface area (Å²) in [5, 5.41) is 12.7. The lowest BCUT2D eigenvalue weighted by Crippen LogP contribution is -2.38. The van der Waals surface area contributed by atoms with Gasteiger partial charge in [0.25, 0.3) is 5.91 Å². The molecule has 31 heavy (non-hydrogen) atoms. The third-order valence-electron chi connectivity index (χ3n) is 6.51. The van der Waals surface area contributed by atoms with E-state index in [0.717, 1.165) is 50.3 Å². The van der Waals surface area contributed by atoms with Crippen LogP contribution in [0.15, 0.2) is 36.5 Å². The fourth-order valence-corrected chi connectivity index (χ4v) is 4.43. The standard InChI is InChI=1S/C24H32N4O3/c1-16(28-10-12-31-13-11-28)17-2-4-18(5-3-17)19-14-22(23(25)26-15-19)24(30)27-20-6-8-21(29)9-7-20/h2-5,14-16,20-21,29H,6-13H2,1H3,(H2,25,26)(H,27,30)/t16-,20?,21?/m1/s1. The number of nitrogens with one attached hydrogen (secondary N) is 1. The zero-order valence-corrected chi connectivity index (χ0v) is 18.1. The molecule has 0 bridgehead atoms. The Balaban J connectivity index is 1.46. The molecule has 1 amide bonds. The summed E-state index contributed by atoms with van der Waals surface area (Å²) in [5.74, 6) is 0.0282. The molecule has 2 aromatic rings. The Morgan fingerprint density at radius 2 is 1.84 bits per heavy atom. The van der Waals surface area contributed by atoms with Crippen molar-refractivity contribution in [2.75, 3.05) is 32.0 Å². The molecule has 1 aliphatic heterocycles. The first-order chi connectivity index (χ1) is 15.0. The van der Waals surface area contributed by atoms with E-state index in [-0.39, 0.29) is 23.9 Å². The van der Waals surface area contributed by atoms with Crippen molar-refractivity contribution in [2.24, 2.45) is 0 Å². The van der Waals surface area contributed by atoms with Crippen LogP contribution in [-0.2, 0) is 4.74 Å². The summed E-state index contributed by atoms with van der Waals surface area (Å²) in [6, 6.07) is 10.6. The van der Waals surface area contributed by atoms with Crippen LogP contribution in [0.2, 0.25) is 0 Å². The molecule has 1 atom stereocenters. The maximum atomic E-state index is 12.8. The number of hydrogen-bond donors (Lipinski definition) is 3. The Bertz CT molecular complexity index is 888. The molecule has 1 saturated heterocycles. The van der Waals surface area contributed by atoms with Gasteiger partial charge >= 0.3 is 0 Å². The Hall–Kier alpha value is -2.48. The quantitative estimate of drug-likeness (QED) is 0.682. The smallest absolute Gasteiger partial charge is 0.255 e. The molecule has 4 rings (SSSR count). The van der Waals surface area contributed by atoms with Crippen molar-refractivity contribution in [3.63, 3.8) is 0 Å². The van der Waals surface area contributed by atoms with Crippen molar-refractivity contribution < 1.29 is 14.6 Å². The van der Waals surface area contributed by atoms with Gasteiger partial charge in [-0.15, -0.1) is 0 Å². The number of benzene rings is 1. The molecule has 1 aromatic heterocycles. The lowest BCUT2D eigenvalue weighted by molar-refractivity contribution is 0.0198. The van der Waals surface area contributed by atoms with Crippen molar-refractivity contribution in [1.82, 2.24) is 15.2 Å². The van der Waals surface area contributed by atoms with E-state index in [0.29, 0.717) is 24.4 Å². The third kappa shape index (κ3) is 5.23. The number of aromatic nitrogens is 1. The van der Waals surface area contributed by atoms with Gasteiger partial charge in [0.15, 0.2) is 0 Å². The van der Waals surface area contributed by atoms with Crippen LogP contribution in [0.4, 0.5) is 5.82 Å². The van der Waals surface area contributed by atoms with Gasteiger partial charge in [0.05, 0.1) is 24.9 Å². The average Bonchev–Trinajstić information content (AvgIpc) is 2.81. The maximum absolute atomic E-state index is 12.8.